The SMILES string of the molecule is NC(=S)CN(C(=O)CCC1CCCO1)C1CCCC1. The quantitative estimate of drug-likeness (QED) is 0.758. The molecule has 0 aromatic rings. The molecule has 0 bridgehead atoms. The maximum atomic E-state index is 12.4. The molecule has 2 N–H and O–H groups in total. The first-order chi connectivity index (χ1) is 9.16. The number of nitrogens with two attached hydrogens (primary N) is 1. The van der Waals surface area contributed by atoms with E-state index in [1.54, 1.807) is 0 Å². The predicted molar refractivity (Wildman–Crippen MR) is 79.0 cm³/mol. The smallest absolute Gasteiger partial charge is 0.223 e. The Balaban J connectivity index is 1.84. The van der Waals surface area contributed by atoms with Crippen LogP contribution in [0.4, 0.5) is 0 Å². The highest BCUT2D eigenvalue weighted by molar-refractivity contribution is 7.80. The minimum Gasteiger partial charge on any atom is -0.392 e. The monoisotopic (exact) mass is 284 g/mol. The lowest BCUT2D eigenvalue weighted by atomic mass is 10.1. The topological polar surface area (TPSA) is 55.6 Å². The molecule has 0 spiro atoms. The number of thiocarbonyl (C=S) groups is 1. The number of carbonyl (C=O) groups excluding carboxylic acids is 1. The van der Waals surface area contributed by atoms with Crippen LogP contribution in [0.15, 0.2) is 0 Å². The Morgan fingerprint density at radius 2 is 2.00 bits per heavy atom. The fraction of sp³-hybridized carbons (Fsp3) is 0.857. The van der Waals surface area contributed by atoms with Crippen LogP contribution in [-0.2, 0) is 9.53 Å². The Kier molecular flexibility index (Phi) is 5.58. The third kappa shape index (κ3) is 4.42. The van der Waals surface area contributed by atoms with E-state index in [0.717, 1.165) is 38.7 Å². The second-order valence-corrected chi connectivity index (χ2v) is 6.12. The summed E-state index contributed by atoms with van der Waals surface area (Å²) in [6.45, 7) is 1.28. The zero-order valence-electron chi connectivity index (χ0n) is 11.5. The van der Waals surface area contributed by atoms with E-state index in [1.807, 2.05) is 4.90 Å². The van der Waals surface area contributed by atoms with Gasteiger partial charge in [0.2, 0.25) is 5.91 Å². The van der Waals surface area contributed by atoms with Gasteiger partial charge in [-0.2, -0.15) is 0 Å². The molecule has 1 heterocycles. The largest absolute Gasteiger partial charge is 0.392 e. The molecule has 5 heteroatoms. The fourth-order valence-corrected chi connectivity index (χ4v) is 3.24. The van der Waals surface area contributed by atoms with E-state index in [9.17, 15) is 4.79 Å². The Labute approximate surface area is 120 Å². The summed E-state index contributed by atoms with van der Waals surface area (Å²) in [4.78, 5) is 14.7. The molecular formula is C14H24N2O2S. The van der Waals surface area contributed by atoms with E-state index < -0.39 is 0 Å². The van der Waals surface area contributed by atoms with Gasteiger partial charge in [0.1, 0.15) is 0 Å². The summed E-state index contributed by atoms with van der Waals surface area (Å²) in [7, 11) is 0. The number of ether oxygens (including phenoxy) is 1. The molecule has 19 heavy (non-hydrogen) atoms. The van der Waals surface area contributed by atoms with Crippen molar-refractivity contribution in [3.8, 4) is 0 Å². The number of rotatable bonds is 6. The maximum Gasteiger partial charge on any atom is 0.223 e. The second kappa shape index (κ2) is 7.20. The number of amides is 1. The van der Waals surface area contributed by atoms with Crippen LogP contribution in [0.1, 0.15) is 51.4 Å². The first kappa shape index (κ1) is 14.7. The zero-order valence-corrected chi connectivity index (χ0v) is 12.3. The molecule has 1 atom stereocenters. The Bertz CT molecular complexity index is 323. The van der Waals surface area contributed by atoms with Gasteiger partial charge in [0.05, 0.1) is 17.6 Å². The molecule has 0 aromatic heterocycles. The first-order valence-corrected chi connectivity index (χ1v) is 7.77. The molecule has 2 fully saturated rings. The van der Waals surface area contributed by atoms with Crippen molar-refractivity contribution in [1.29, 1.82) is 0 Å². The normalized spacial score (nSPS) is 23.7. The molecule has 1 amide bonds. The van der Waals surface area contributed by atoms with Crippen molar-refractivity contribution in [1.82, 2.24) is 4.90 Å². The van der Waals surface area contributed by atoms with Gasteiger partial charge >= 0.3 is 0 Å². The van der Waals surface area contributed by atoms with Crippen LogP contribution in [0.3, 0.4) is 0 Å². The van der Waals surface area contributed by atoms with E-state index in [1.165, 1.54) is 12.8 Å². The Hall–Kier alpha value is -0.680. The van der Waals surface area contributed by atoms with Gasteiger partial charge in [0.25, 0.3) is 0 Å². The Morgan fingerprint density at radius 3 is 2.58 bits per heavy atom. The average molecular weight is 284 g/mol. The van der Waals surface area contributed by atoms with Crippen LogP contribution < -0.4 is 5.73 Å². The van der Waals surface area contributed by atoms with Gasteiger partial charge < -0.3 is 15.4 Å². The zero-order chi connectivity index (χ0) is 13.7. The molecule has 0 radical (unpaired) electrons. The third-order valence-corrected chi connectivity index (χ3v) is 4.25. The molecular weight excluding hydrogens is 260 g/mol. The number of hydrogen-bond donors (Lipinski definition) is 1. The molecule has 1 saturated heterocycles. The molecule has 1 aliphatic heterocycles. The predicted octanol–water partition coefficient (Wildman–Crippen LogP) is 2.00. The van der Waals surface area contributed by atoms with Crippen molar-refractivity contribution in [2.45, 2.75) is 63.5 Å². The lowest BCUT2D eigenvalue weighted by Gasteiger charge is -2.29. The van der Waals surface area contributed by atoms with Crippen molar-refractivity contribution < 1.29 is 9.53 Å². The molecule has 1 unspecified atom stereocenters. The molecule has 0 aromatic carbocycles. The van der Waals surface area contributed by atoms with Crippen LogP contribution in [0.5, 0.6) is 0 Å². The second-order valence-electron chi connectivity index (χ2n) is 5.60. The minimum absolute atomic E-state index is 0.190. The van der Waals surface area contributed by atoms with E-state index in [4.69, 9.17) is 22.7 Å². The molecule has 1 aliphatic carbocycles. The third-order valence-electron chi connectivity index (χ3n) is 4.12. The van der Waals surface area contributed by atoms with Crippen LogP contribution in [-0.4, -0.2) is 41.1 Å². The van der Waals surface area contributed by atoms with Gasteiger partial charge in [-0.25, -0.2) is 0 Å². The van der Waals surface area contributed by atoms with Crippen LogP contribution in [0, 0.1) is 0 Å². The highest BCUT2D eigenvalue weighted by Crippen LogP contribution is 2.25. The molecule has 108 valence electrons. The van der Waals surface area contributed by atoms with Crippen molar-refractivity contribution in [3.05, 3.63) is 0 Å². The Morgan fingerprint density at radius 1 is 1.26 bits per heavy atom. The molecule has 2 rings (SSSR count). The summed E-state index contributed by atoms with van der Waals surface area (Å²) in [5.41, 5.74) is 5.63. The highest BCUT2D eigenvalue weighted by atomic mass is 32.1. The maximum absolute atomic E-state index is 12.4. The summed E-state index contributed by atoms with van der Waals surface area (Å²) in [6.07, 6.45) is 8.48. The van der Waals surface area contributed by atoms with E-state index in [-0.39, 0.29) is 12.0 Å². The fourth-order valence-electron chi connectivity index (χ4n) is 3.10. The van der Waals surface area contributed by atoms with Gasteiger partial charge in [-0.15, -0.1) is 0 Å². The molecule has 1 saturated carbocycles. The van der Waals surface area contributed by atoms with Crippen LogP contribution >= 0.6 is 12.2 Å². The first-order valence-electron chi connectivity index (χ1n) is 7.36. The average Bonchev–Trinajstić information content (AvgIpc) is 3.05. The number of hydrogen-bond acceptors (Lipinski definition) is 3. The molecule has 4 nitrogen and oxygen atoms in total. The van der Waals surface area contributed by atoms with E-state index in [0.29, 0.717) is 24.0 Å². The van der Waals surface area contributed by atoms with Gasteiger partial charge in [-0.1, -0.05) is 25.1 Å². The lowest BCUT2D eigenvalue weighted by Crippen LogP contribution is -2.43. The minimum atomic E-state index is 0.190. The standard InChI is InChI=1S/C14H24N2O2S/c15-13(19)10-16(11-4-1-2-5-11)14(17)8-7-12-6-3-9-18-12/h11-12H,1-10H2,(H2,15,19). The molecule has 2 aliphatic rings. The van der Waals surface area contributed by atoms with Gasteiger partial charge in [-0.3, -0.25) is 4.79 Å². The van der Waals surface area contributed by atoms with Crippen molar-refractivity contribution in [3.63, 3.8) is 0 Å². The van der Waals surface area contributed by atoms with Crippen LogP contribution in [0.2, 0.25) is 0 Å². The van der Waals surface area contributed by atoms with E-state index in [2.05, 4.69) is 0 Å². The van der Waals surface area contributed by atoms with Gasteiger partial charge in [0, 0.05) is 19.1 Å². The van der Waals surface area contributed by atoms with Crippen molar-refractivity contribution >= 4 is 23.1 Å². The summed E-state index contributed by atoms with van der Waals surface area (Å²) in [5, 5.41) is 0. The van der Waals surface area contributed by atoms with Gasteiger partial charge in [0.15, 0.2) is 0 Å². The van der Waals surface area contributed by atoms with Crippen molar-refractivity contribution in [2.75, 3.05) is 13.2 Å². The summed E-state index contributed by atoms with van der Waals surface area (Å²) < 4.78 is 5.57. The van der Waals surface area contributed by atoms with E-state index >= 15 is 0 Å². The lowest BCUT2D eigenvalue weighted by molar-refractivity contribution is -0.133. The van der Waals surface area contributed by atoms with Crippen molar-refractivity contribution in [2.24, 2.45) is 5.73 Å². The number of carbonyl (C=O) groups is 1. The number of nitrogens with zero attached hydrogens (tertiary/aromatic N) is 1. The van der Waals surface area contributed by atoms with Crippen LogP contribution in [0.25, 0.3) is 0 Å². The van der Waals surface area contributed by atoms with Gasteiger partial charge in [-0.05, 0) is 32.1 Å². The highest BCUT2D eigenvalue weighted by Gasteiger charge is 2.27. The summed E-state index contributed by atoms with van der Waals surface area (Å²) in [6, 6.07) is 0.346. The summed E-state index contributed by atoms with van der Waals surface area (Å²) in [5.74, 6) is 0.190. The summed E-state index contributed by atoms with van der Waals surface area (Å²) >= 11 is 4.98.